The first kappa shape index (κ1) is 24.0. The van der Waals surface area contributed by atoms with Crippen LogP contribution in [0.25, 0.3) is 0 Å². The minimum Gasteiger partial charge on any atom is -0.393 e. The van der Waals surface area contributed by atoms with Gasteiger partial charge in [-0.3, -0.25) is 0 Å². The second-order valence-electron chi connectivity index (χ2n) is 13.5. The van der Waals surface area contributed by atoms with Gasteiger partial charge in [-0.2, -0.15) is 0 Å². The summed E-state index contributed by atoms with van der Waals surface area (Å²) in [6, 6.07) is 0. The molecule has 0 amide bonds. The van der Waals surface area contributed by atoms with E-state index in [4.69, 9.17) is 0 Å². The van der Waals surface area contributed by atoms with Crippen molar-refractivity contribution in [2.24, 2.45) is 52.3 Å². The van der Waals surface area contributed by atoms with Crippen LogP contribution < -0.4 is 0 Å². The SMILES string of the molecule is C[C@H](CC[C@H](C)C(C)(C)O)[C@H]1CC[C@H]2[C@@H]3CCC4C[C@@H](O)C[C@H](O)[C@]4(C)[C@H]3CC[C@]12C. The number of hydrogen-bond donors (Lipinski definition) is 3. The second kappa shape index (κ2) is 8.27. The molecule has 4 aliphatic carbocycles. The molecule has 1 unspecified atom stereocenters. The Morgan fingerprint density at radius 2 is 1.61 bits per heavy atom. The molecular weight excluding hydrogens is 384 g/mol. The fraction of sp³-hybridized carbons (Fsp3) is 1.00. The van der Waals surface area contributed by atoms with Crippen molar-refractivity contribution in [3.8, 4) is 0 Å². The lowest BCUT2D eigenvalue weighted by Gasteiger charge is -2.62. The Bertz CT molecular complexity index is 641. The maximum absolute atomic E-state index is 11.1. The summed E-state index contributed by atoms with van der Waals surface area (Å²) in [5.41, 5.74) is -0.126. The smallest absolute Gasteiger partial charge is 0.0623 e. The number of rotatable bonds is 5. The molecule has 4 fully saturated rings. The molecule has 0 aromatic carbocycles. The third-order valence-corrected chi connectivity index (χ3v) is 11.8. The molecule has 0 aliphatic heterocycles. The molecule has 11 atom stereocenters. The average molecular weight is 435 g/mol. The molecule has 0 spiro atoms. The molecule has 0 saturated heterocycles. The van der Waals surface area contributed by atoms with E-state index in [1.807, 2.05) is 13.8 Å². The van der Waals surface area contributed by atoms with Crippen molar-refractivity contribution in [3.63, 3.8) is 0 Å². The first-order chi connectivity index (χ1) is 14.4. The highest BCUT2D eigenvalue weighted by Gasteiger charge is 2.62. The Morgan fingerprint density at radius 1 is 0.903 bits per heavy atom. The molecule has 0 bridgehead atoms. The van der Waals surface area contributed by atoms with Gasteiger partial charge in [0.2, 0.25) is 0 Å². The van der Waals surface area contributed by atoms with Crippen LogP contribution in [-0.2, 0) is 0 Å². The Labute approximate surface area is 191 Å². The Morgan fingerprint density at radius 3 is 2.29 bits per heavy atom. The summed E-state index contributed by atoms with van der Waals surface area (Å²) in [7, 11) is 0. The molecule has 0 aromatic rings. The van der Waals surface area contributed by atoms with Crippen LogP contribution in [-0.4, -0.2) is 33.1 Å². The van der Waals surface area contributed by atoms with E-state index in [0.29, 0.717) is 29.6 Å². The molecule has 3 heteroatoms. The lowest BCUT2D eigenvalue weighted by atomic mass is 9.43. The molecule has 0 aromatic heterocycles. The Balaban J connectivity index is 1.47. The molecule has 4 saturated carbocycles. The molecular formula is C28H50O3. The minimum absolute atomic E-state index is 0.00925. The van der Waals surface area contributed by atoms with Gasteiger partial charge in [0.1, 0.15) is 0 Å². The van der Waals surface area contributed by atoms with E-state index in [-0.39, 0.29) is 17.6 Å². The van der Waals surface area contributed by atoms with E-state index in [1.165, 1.54) is 44.9 Å². The lowest BCUT2D eigenvalue weighted by Crippen LogP contribution is -2.59. The van der Waals surface area contributed by atoms with Crippen molar-refractivity contribution in [3.05, 3.63) is 0 Å². The zero-order valence-corrected chi connectivity index (χ0v) is 21.1. The van der Waals surface area contributed by atoms with E-state index in [9.17, 15) is 15.3 Å². The summed E-state index contributed by atoms with van der Waals surface area (Å²) in [6.07, 6.45) is 11.0. The number of fused-ring (bicyclic) bond motifs is 5. The zero-order chi connectivity index (χ0) is 22.8. The van der Waals surface area contributed by atoms with Crippen LogP contribution in [0, 0.1) is 52.3 Å². The first-order valence-corrected chi connectivity index (χ1v) is 13.5. The summed E-state index contributed by atoms with van der Waals surface area (Å²) in [6.45, 7) is 13.6. The average Bonchev–Trinajstić information content (AvgIpc) is 3.03. The minimum atomic E-state index is -0.581. The van der Waals surface area contributed by atoms with Gasteiger partial charge in [0.15, 0.2) is 0 Å². The van der Waals surface area contributed by atoms with Gasteiger partial charge >= 0.3 is 0 Å². The van der Waals surface area contributed by atoms with E-state index < -0.39 is 5.60 Å². The number of aliphatic hydroxyl groups excluding tert-OH is 2. The zero-order valence-electron chi connectivity index (χ0n) is 21.1. The summed E-state index contributed by atoms with van der Waals surface area (Å²) in [5, 5.41) is 31.8. The Kier molecular flexibility index (Phi) is 6.41. The van der Waals surface area contributed by atoms with Crippen LogP contribution in [0.15, 0.2) is 0 Å². The Hall–Kier alpha value is -0.120. The number of hydrogen-bond acceptors (Lipinski definition) is 3. The largest absolute Gasteiger partial charge is 0.393 e. The van der Waals surface area contributed by atoms with Crippen LogP contribution in [0.3, 0.4) is 0 Å². The fourth-order valence-corrected chi connectivity index (χ4v) is 9.34. The second-order valence-corrected chi connectivity index (χ2v) is 13.5. The molecule has 180 valence electrons. The van der Waals surface area contributed by atoms with Crippen molar-refractivity contribution in [1.29, 1.82) is 0 Å². The van der Waals surface area contributed by atoms with Crippen molar-refractivity contribution in [2.45, 2.75) is 124 Å². The standard InChI is InChI=1S/C28H50O3/c1-17(7-8-18(2)26(3,4)31)22-11-12-23-21-10-9-19-15-20(29)16-25(30)28(19,6)24(21)13-14-27(22,23)5/h17-25,29-31H,7-16H2,1-6H3/t17-,18+,19?,20-,21+,22-,23+,24+,25+,27-,28+/m1/s1. The van der Waals surface area contributed by atoms with Gasteiger partial charge in [-0.15, -0.1) is 0 Å². The quantitative estimate of drug-likeness (QED) is 0.512. The predicted octanol–water partition coefficient (Wildman–Crippen LogP) is 5.80. The highest BCUT2D eigenvalue weighted by molar-refractivity contribution is 5.11. The van der Waals surface area contributed by atoms with Crippen LogP contribution >= 0.6 is 0 Å². The van der Waals surface area contributed by atoms with Gasteiger partial charge in [-0.25, -0.2) is 0 Å². The molecule has 3 N–H and O–H groups in total. The third kappa shape index (κ3) is 3.93. The molecule has 31 heavy (non-hydrogen) atoms. The maximum Gasteiger partial charge on any atom is 0.0623 e. The van der Waals surface area contributed by atoms with Gasteiger partial charge in [0.05, 0.1) is 17.8 Å². The molecule has 4 rings (SSSR count). The van der Waals surface area contributed by atoms with Crippen LogP contribution in [0.2, 0.25) is 0 Å². The molecule has 0 radical (unpaired) electrons. The molecule has 3 nitrogen and oxygen atoms in total. The first-order valence-electron chi connectivity index (χ1n) is 13.5. The van der Waals surface area contributed by atoms with E-state index in [0.717, 1.165) is 36.5 Å². The van der Waals surface area contributed by atoms with Crippen molar-refractivity contribution < 1.29 is 15.3 Å². The molecule has 4 aliphatic rings. The number of aliphatic hydroxyl groups is 3. The van der Waals surface area contributed by atoms with Gasteiger partial charge in [-0.05, 0) is 124 Å². The van der Waals surface area contributed by atoms with Crippen molar-refractivity contribution in [1.82, 2.24) is 0 Å². The summed E-state index contributed by atoms with van der Waals surface area (Å²) < 4.78 is 0. The maximum atomic E-state index is 11.1. The highest BCUT2D eigenvalue weighted by Crippen LogP contribution is 2.68. The summed E-state index contributed by atoms with van der Waals surface area (Å²) in [5.74, 6) is 4.57. The summed E-state index contributed by atoms with van der Waals surface area (Å²) in [4.78, 5) is 0. The normalized spacial score (nSPS) is 49.6. The van der Waals surface area contributed by atoms with Crippen LogP contribution in [0.4, 0.5) is 0 Å². The summed E-state index contributed by atoms with van der Waals surface area (Å²) >= 11 is 0. The van der Waals surface area contributed by atoms with Gasteiger partial charge in [-0.1, -0.05) is 34.1 Å². The topological polar surface area (TPSA) is 60.7 Å². The highest BCUT2D eigenvalue weighted by atomic mass is 16.3. The van der Waals surface area contributed by atoms with Crippen LogP contribution in [0.1, 0.15) is 106 Å². The van der Waals surface area contributed by atoms with E-state index in [2.05, 4.69) is 27.7 Å². The van der Waals surface area contributed by atoms with Gasteiger partial charge in [0.25, 0.3) is 0 Å². The third-order valence-electron chi connectivity index (χ3n) is 11.8. The van der Waals surface area contributed by atoms with Gasteiger partial charge < -0.3 is 15.3 Å². The van der Waals surface area contributed by atoms with E-state index in [1.54, 1.807) is 0 Å². The molecule has 0 heterocycles. The monoisotopic (exact) mass is 434 g/mol. The van der Waals surface area contributed by atoms with Gasteiger partial charge in [0, 0.05) is 0 Å². The predicted molar refractivity (Wildman–Crippen MR) is 126 cm³/mol. The van der Waals surface area contributed by atoms with Crippen LogP contribution in [0.5, 0.6) is 0 Å². The fourth-order valence-electron chi connectivity index (χ4n) is 9.34. The lowest BCUT2D eigenvalue weighted by molar-refractivity contribution is -0.182. The van der Waals surface area contributed by atoms with Crippen molar-refractivity contribution >= 4 is 0 Å². The van der Waals surface area contributed by atoms with E-state index >= 15 is 0 Å². The van der Waals surface area contributed by atoms with Crippen molar-refractivity contribution in [2.75, 3.05) is 0 Å².